The van der Waals surface area contributed by atoms with E-state index in [1.807, 2.05) is 6.92 Å². The molecule has 0 aromatic heterocycles. The van der Waals surface area contributed by atoms with Crippen molar-refractivity contribution in [3.63, 3.8) is 0 Å². The van der Waals surface area contributed by atoms with Crippen LogP contribution in [0.3, 0.4) is 0 Å². The third kappa shape index (κ3) is 1570. The first-order valence-electron chi connectivity index (χ1n) is 4.10. The lowest BCUT2D eigenvalue weighted by Gasteiger charge is -1.68. The minimum absolute atomic E-state index is 1.32. The van der Waals surface area contributed by atoms with Crippen LogP contribution in [-0.4, -0.2) is 13.8 Å². The predicted molar refractivity (Wildman–Crippen MR) is 61.4 cm³/mol. The molecule has 0 aliphatic rings. The number of hydrogen-bond acceptors (Lipinski definition) is 2. The van der Waals surface area contributed by atoms with Crippen molar-refractivity contribution in [3.05, 3.63) is 23.1 Å². The van der Waals surface area contributed by atoms with Gasteiger partial charge in [0.15, 0.2) is 0 Å². The number of rotatable bonds is 1. The summed E-state index contributed by atoms with van der Waals surface area (Å²) in [6, 6.07) is 0. The molecule has 4 nitrogen and oxygen atoms in total. The molecule has 0 aliphatic heterocycles. The van der Waals surface area contributed by atoms with E-state index in [0.717, 1.165) is 0 Å². The van der Waals surface area contributed by atoms with E-state index in [9.17, 15) is 0 Å². The van der Waals surface area contributed by atoms with Gasteiger partial charge in [-0.05, 0) is 19.2 Å². The van der Waals surface area contributed by atoms with Gasteiger partial charge in [0.25, 0.3) is 0 Å². The van der Waals surface area contributed by atoms with Gasteiger partial charge in [-0.15, -0.1) is 6.58 Å². The zero-order valence-electron chi connectivity index (χ0n) is 9.25. The van der Waals surface area contributed by atoms with Crippen molar-refractivity contribution >= 4 is 6.72 Å². The van der Waals surface area contributed by atoms with E-state index in [4.69, 9.17) is 10.9 Å². The molecule has 0 aromatic carbocycles. The molecule has 0 heterocycles. The van der Waals surface area contributed by atoms with Crippen molar-refractivity contribution in [2.75, 3.05) is 7.05 Å². The van der Waals surface area contributed by atoms with E-state index in [1.54, 1.807) is 6.08 Å². The number of hydrogen-bond donors (Lipinski definition) is 1. The molecule has 0 fully saturated rings. The molecular formula is C9H22N4. The summed E-state index contributed by atoms with van der Waals surface area (Å²) in [4.78, 5) is 2.36. The first kappa shape index (κ1) is 22.6. The molecule has 0 spiro atoms. The molecule has 0 aliphatic carbocycles. The summed E-state index contributed by atoms with van der Waals surface area (Å²) in [6.07, 6.45) is 4.39. The van der Waals surface area contributed by atoms with Gasteiger partial charge >= 0.3 is 0 Å². The van der Waals surface area contributed by atoms with Gasteiger partial charge in [-0.25, -0.2) is 0 Å². The summed E-state index contributed by atoms with van der Waals surface area (Å²) in [5.74, 6) is 0. The number of unbranched alkanes of at least 4 members (excludes halogenated alkanes) is 1. The van der Waals surface area contributed by atoms with E-state index >= 15 is 0 Å². The van der Waals surface area contributed by atoms with Crippen molar-refractivity contribution in [1.29, 1.82) is 5.41 Å². The van der Waals surface area contributed by atoms with Crippen LogP contribution in [0.4, 0.5) is 0 Å². The fraction of sp³-hybridized carbons (Fsp3) is 0.667. The second-order valence-corrected chi connectivity index (χ2v) is 1.70. The van der Waals surface area contributed by atoms with Crippen LogP contribution >= 0.6 is 0 Å². The summed E-state index contributed by atoms with van der Waals surface area (Å²) in [5.41, 5.74) is 7.33. The van der Waals surface area contributed by atoms with Crippen LogP contribution in [0.1, 0.15) is 33.6 Å². The quantitative estimate of drug-likeness (QED) is 0.210. The topological polar surface area (TPSA) is 72.6 Å². The second-order valence-electron chi connectivity index (χ2n) is 1.70. The Morgan fingerprint density at radius 3 is 1.54 bits per heavy atom. The molecule has 0 radical (unpaired) electrons. The Balaban J connectivity index is -0.0000000431. The Labute approximate surface area is 81.8 Å². The third-order valence-electron chi connectivity index (χ3n) is 0.589. The number of allylic oxidation sites excluding steroid dienone is 1. The average molecular weight is 186 g/mol. The van der Waals surface area contributed by atoms with Crippen LogP contribution in [-0.2, 0) is 0 Å². The molecule has 0 amide bonds. The SMILES string of the molecule is C=CC.C=N.CCCC.CN=[N+]=[N-]. The molecule has 78 valence electrons. The van der Waals surface area contributed by atoms with E-state index in [0.29, 0.717) is 0 Å². The van der Waals surface area contributed by atoms with E-state index < -0.39 is 0 Å². The minimum atomic E-state index is 1.32. The fourth-order valence-corrected chi connectivity index (χ4v) is 0. The van der Waals surface area contributed by atoms with Gasteiger partial charge in [-0.2, -0.15) is 0 Å². The van der Waals surface area contributed by atoms with Crippen LogP contribution < -0.4 is 0 Å². The van der Waals surface area contributed by atoms with Crippen molar-refractivity contribution in [2.45, 2.75) is 33.6 Å². The Kier molecular flexibility index (Phi) is 127. The molecular weight excluding hydrogens is 164 g/mol. The van der Waals surface area contributed by atoms with Gasteiger partial charge < -0.3 is 5.41 Å². The molecule has 1 N–H and O–H groups in total. The molecule has 13 heavy (non-hydrogen) atoms. The summed E-state index contributed by atoms with van der Waals surface area (Å²) >= 11 is 0. The molecule has 0 saturated carbocycles. The van der Waals surface area contributed by atoms with Crippen LogP contribution in [0.25, 0.3) is 10.4 Å². The highest BCUT2D eigenvalue weighted by Crippen LogP contribution is 1.76. The molecule has 4 heteroatoms. The lowest BCUT2D eigenvalue weighted by atomic mass is 10.4. The normalized spacial score (nSPS) is 4.92. The van der Waals surface area contributed by atoms with Gasteiger partial charge in [0.05, 0.1) is 0 Å². The van der Waals surface area contributed by atoms with Gasteiger partial charge in [0, 0.05) is 12.0 Å². The number of azide groups is 1. The standard InChI is InChI=1S/C4H10.C3H6.CH3N3.CH3N/c1-3-4-2;1-3-2;1-3-4-2;1-2/h3-4H2,1-2H3;3H,1H2,2H3;1H3;2H,1H2. The smallest absolute Gasteiger partial charge is 0.0139 e. The first-order chi connectivity index (χ1) is 6.24. The lowest BCUT2D eigenvalue weighted by Crippen LogP contribution is -1.47. The highest BCUT2D eigenvalue weighted by Gasteiger charge is 1.56. The Morgan fingerprint density at radius 2 is 1.54 bits per heavy atom. The minimum Gasteiger partial charge on any atom is -0.317 e. The summed E-state index contributed by atoms with van der Waals surface area (Å²) < 4.78 is 0. The van der Waals surface area contributed by atoms with E-state index in [1.165, 1.54) is 19.9 Å². The zero-order valence-corrected chi connectivity index (χ0v) is 9.25. The summed E-state index contributed by atoms with van der Waals surface area (Å²) in [6.45, 7) is 12.1. The Hall–Kier alpha value is -1.28. The van der Waals surface area contributed by atoms with Crippen molar-refractivity contribution in [3.8, 4) is 0 Å². The molecule has 0 saturated heterocycles. The maximum Gasteiger partial charge on any atom is 0.0139 e. The Morgan fingerprint density at radius 1 is 1.38 bits per heavy atom. The van der Waals surface area contributed by atoms with Crippen LogP contribution in [0.15, 0.2) is 17.8 Å². The highest BCUT2D eigenvalue weighted by molar-refractivity contribution is 5.15. The molecule has 0 atom stereocenters. The predicted octanol–water partition coefficient (Wildman–Crippen LogP) is 4.19. The van der Waals surface area contributed by atoms with Crippen LogP contribution in [0, 0.1) is 5.41 Å². The van der Waals surface area contributed by atoms with Gasteiger partial charge in [0.1, 0.15) is 0 Å². The zero-order chi connectivity index (χ0) is 11.5. The van der Waals surface area contributed by atoms with E-state index in [2.05, 4.69) is 37.2 Å². The number of nitrogens with one attached hydrogen (secondary N) is 1. The maximum atomic E-state index is 7.33. The molecule has 0 aromatic rings. The van der Waals surface area contributed by atoms with Gasteiger partial charge in [0.2, 0.25) is 0 Å². The van der Waals surface area contributed by atoms with Crippen molar-refractivity contribution < 1.29 is 0 Å². The largest absolute Gasteiger partial charge is 0.317 e. The summed E-state index contributed by atoms with van der Waals surface area (Å²) in [5, 5.41) is 8.42. The van der Waals surface area contributed by atoms with Crippen molar-refractivity contribution in [2.24, 2.45) is 5.11 Å². The van der Waals surface area contributed by atoms with Crippen LogP contribution in [0.5, 0.6) is 0 Å². The number of nitrogens with zero attached hydrogens (tertiary/aromatic N) is 3. The summed E-state index contributed by atoms with van der Waals surface area (Å²) in [7, 11) is 1.39. The van der Waals surface area contributed by atoms with E-state index in [-0.39, 0.29) is 0 Å². The lowest BCUT2D eigenvalue weighted by molar-refractivity contribution is 0.886. The van der Waals surface area contributed by atoms with Gasteiger partial charge in [-0.3, -0.25) is 0 Å². The average Bonchev–Trinajstić information content (AvgIpc) is 2.22. The van der Waals surface area contributed by atoms with Gasteiger partial charge in [-0.1, -0.05) is 37.9 Å². The Bertz CT molecular complexity index is 104. The third-order valence-corrected chi connectivity index (χ3v) is 0.589. The monoisotopic (exact) mass is 186 g/mol. The van der Waals surface area contributed by atoms with Crippen LogP contribution in [0.2, 0.25) is 0 Å². The maximum absolute atomic E-state index is 7.33. The fourth-order valence-electron chi connectivity index (χ4n) is 0. The molecule has 0 unspecified atom stereocenters. The second kappa shape index (κ2) is 73.2. The van der Waals surface area contributed by atoms with Crippen molar-refractivity contribution in [1.82, 2.24) is 0 Å². The molecule has 0 rings (SSSR count). The first-order valence-corrected chi connectivity index (χ1v) is 4.10. The highest BCUT2D eigenvalue weighted by atomic mass is 15.1. The molecule has 0 bridgehead atoms.